The zero-order chi connectivity index (χ0) is 21.5. The lowest BCUT2D eigenvalue weighted by Crippen LogP contribution is -2.05. The summed E-state index contributed by atoms with van der Waals surface area (Å²) in [6.45, 7) is 0.456. The highest BCUT2D eigenvalue weighted by Gasteiger charge is 2.30. The summed E-state index contributed by atoms with van der Waals surface area (Å²) in [6.07, 6.45) is -4.23. The van der Waals surface area contributed by atoms with Crippen LogP contribution in [0, 0.1) is 0 Å². The van der Waals surface area contributed by atoms with Crippen molar-refractivity contribution in [2.45, 2.75) is 12.4 Å². The predicted molar refractivity (Wildman–Crippen MR) is 97.7 cm³/mol. The Bertz CT molecular complexity index is 831. The minimum absolute atomic E-state index is 0.178. The van der Waals surface area contributed by atoms with Crippen molar-refractivity contribution in [2.75, 3.05) is 20.3 Å². The molecule has 0 saturated carbocycles. The molecular weight excluding hydrogens is 398 g/mol. The van der Waals surface area contributed by atoms with Crippen molar-refractivity contribution in [2.24, 2.45) is 0 Å². The average Bonchev–Trinajstić information content (AvgIpc) is 2.66. The number of alkyl halides is 6. The van der Waals surface area contributed by atoms with Crippen LogP contribution in [-0.2, 0) is 21.8 Å². The Kier molecular flexibility index (Phi) is 7.50. The number of halogens is 6. The third-order valence-corrected chi connectivity index (χ3v) is 3.82. The average molecular weight is 416 g/mol. The Hall–Kier alpha value is -2.74. The molecule has 2 nitrogen and oxygen atoms in total. The fraction of sp³-hybridized carbons (Fsp3) is 0.238. The Morgan fingerprint density at radius 2 is 1.31 bits per heavy atom. The van der Waals surface area contributed by atoms with E-state index in [-0.39, 0.29) is 13.2 Å². The van der Waals surface area contributed by atoms with E-state index in [1.54, 1.807) is 12.2 Å². The number of methoxy groups -OCH3 is 1. The summed E-state index contributed by atoms with van der Waals surface area (Å²) in [6, 6.07) is 9.03. The molecule has 0 unspecified atom stereocenters. The van der Waals surface area contributed by atoms with Gasteiger partial charge in [-0.3, -0.25) is 0 Å². The van der Waals surface area contributed by atoms with Crippen molar-refractivity contribution < 1.29 is 35.8 Å². The van der Waals surface area contributed by atoms with E-state index in [2.05, 4.69) is 0 Å². The molecule has 0 aliphatic rings. The first-order chi connectivity index (χ1) is 13.6. The molecule has 0 radical (unpaired) electrons. The summed E-state index contributed by atoms with van der Waals surface area (Å²) >= 11 is 0. The second kappa shape index (κ2) is 9.65. The fourth-order valence-corrected chi connectivity index (χ4v) is 2.32. The quantitative estimate of drug-likeness (QED) is 0.224. The molecule has 0 spiro atoms. The Balaban J connectivity index is 2.20. The van der Waals surface area contributed by atoms with E-state index in [1.165, 1.54) is 37.5 Å². The van der Waals surface area contributed by atoms with Gasteiger partial charge in [0.2, 0.25) is 0 Å². The van der Waals surface area contributed by atoms with Crippen molar-refractivity contribution in [3.8, 4) is 0 Å². The monoisotopic (exact) mass is 416 g/mol. The van der Waals surface area contributed by atoms with Gasteiger partial charge in [0.25, 0.3) is 0 Å². The van der Waals surface area contributed by atoms with Crippen LogP contribution in [0.4, 0.5) is 26.3 Å². The molecule has 0 fully saturated rings. The van der Waals surface area contributed by atoms with Crippen LogP contribution in [0.3, 0.4) is 0 Å². The highest BCUT2D eigenvalue weighted by atomic mass is 19.4. The number of hydrogen-bond acceptors (Lipinski definition) is 2. The lowest BCUT2D eigenvalue weighted by Gasteiger charge is -2.12. The van der Waals surface area contributed by atoms with Crippen LogP contribution in [0.2, 0.25) is 0 Å². The molecule has 0 heterocycles. The fourth-order valence-electron chi connectivity index (χ4n) is 2.32. The molecule has 0 N–H and O–H groups in total. The lowest BCUT2D eigenvalue weighted by atomic mass is 10.1. The van der Waals surface area contributed by atoms with Gasteiger partial charge < -0.3 is 9.47 Å². The normalized spacial score (nSPS) is 13.1. The summed E-state index contributed by atoms with van der Waals surface area (Å²) in [5, 5.41) is 0. The van der Waals surface area contributed by atoms with Gasteiger partial charge >= 0.3 is 12.4 Å². The summed E-state index contributed by atoms with van der Waals surface area (Å²) in [5.41, 5.74) is -0.583. The molecule has 2 aromatic carbocycles. The second-order valence-corrected chi connectivity index (χ2v) is 5.93. The Morgan fingerprint density at radius 1 is 0.793 bits per heavy atom. The summed E-state index contributed by atoms with van der Waals surface area (Å²) in [5.74, 6) is 0.305. The van der Waals surface area contributed by atoms with E-state index in [4.69, 9.17) is 9.47 Å². The van der Waals surface area contributed by atoms with Crippen LogP contribution in [0.1, 0.15) is 22.3 Å². The van der Waals surface area contributed by atoms with Crippen molar-refractivity contribution in [1.29, 1.82) is 0 Å². The van der Waals surface area contributed by atoms with E-state index >= 15 is 0 Å². The van der Waals surface area contributed by atoms with Gasteiger partial charge in [-0.15, -0.1) is 0 Å². The maximum absolute atomic E-state index is 12.7. The first kappa shape index (κ1) is 22.5. The standard InChI is InChI=1S/C21H18F6O2/c1-28-13-14-29-19(16-7-11-18(12-8-16)21(25,26)27)4-2-3-15-5-9-17(10-6-15)20(22,23)24/h2-12H,13-14H2,1H3/b3-2+,19-4+. The lowest BCUT2D eigenvalue weighted by molar-refractivity contribution is -0.138. The molecular formula is C21H18F6O2. The van der Waals surface area contributed by atoms with E-state index in [1.807, 2.05) is 0 Å². The van der Waals surface area contributed by atoms with Crippen LogP contribution in [0.5, 0.6) is 0 Å². The summed E-state index contributed by atoms with van der Waals surface area (Å²) in [4.78, 5) is 0. The molecule has 29 heavy (non-hydrogen) atoms. The van der Waals surface area contributed by atoms with Crippen molar-refractivity contribution in [1.82, 2.24) is 0 Å². The number of hydrogen-bond donors (Lipinski definition) is 0. The van der Waals surface area contributed by atoms with Gasteiger partial charge in [0.1, 0.15) is 12.4 Å². The largest absolute Gasteiger partial charge is 0.491 e. The molecule has 2 aromatic rings. The maximum atomic E-state index is 12.7. The predicted octanol–water partition coefficient (Wildman–Crippen LogP) is 6.44. The second-order valence-electron chi connectivity index (χ2n) is 5.93. The minimum atomic E-state index is -4.44. The van der Waals surface area contributed by atoms with Crippen LogP contribution < -0.4 is 0 Å². The smallest absolute Gasteiger partial charge is 0.416 e. The molecule has 0 aliphatic heterocycles. The molecule has 0 saturated heterocycles. The molecule has 8 heteroatoms. The van der Waals surface area contributed by atoms with Crippen molar-refractivity contribution in [3.05, 3.63) is 82.9 Å². The topological polar surface area (TPSA) is 18.5 Å². The van der Waals surface area contributed by atoms with Crippen LogP contribution >= 0.6 is 0 Å². The number of allylic oxidation sites excluding steroid dienone is 2. The third-order valence-electron chi connectivity index (χ3n) is 3.82. The minimum Gasteiger partial charge on any atom is -0.491 e. The molecule has 2 rings (SSSR count). The zero-order valence-corrected chi connectivity index (χ0v) is 15.3. The van der Waals surface area contributed by atoms with Gasteiger partial charge in [0, 0.05) is 12.7 Å². The van der Waals surface area contributed by atoms with Gasteiger partial charge in [-0.05, 0) is 35.9 Å². The number of rotatable bonds is 7. The van der Waals surface area contributed by atoms with Crippen LogP contribution in [-0.4, -0.2) is 20.3 Å². The van der Waals surface area contributed by atoms with Gasteiger partial charge in [0.15, 0.2) is 0 Å². The molecule has 156 valence electrons. The first-order valence-electron chi connectivity index (χ1n) is 8.46. The Morgan fingerprint density at radius 3 is 1.79 bits per heavy atom. The molecule has 0 amide bonds. The number of benzene rings is 2. The highest BCUT2D eigenvalue weighted by Crippen LogP contribution is 2.31. The van der Waals surface area contributed by atoms with E-state index in [0.717, 1.165) is 24.3 Å². The van der Waals surface area contributed by atoms with Gasteiger partial charge in [-0.2, -0.15) is 26.3 Å². The molecule has 0 bridgehead atoms. The first-order valence-corrected chi connectivity index (χ1v) is 8.46. The maximum Gasteiger partial charge on any atom is 0.416 e. The number of ether oxygens (including phenoxy) is 2. The van der Waals surface area contributed by atoms with Crippen LogP contribution in [0.15, 0.2) is 60.7 Å². The molecule has 0 aromatic heterocycles. The SMILES string of the molecule is COCCO/C(=C/C=C/c1ccc(C(F)(F)F)cc1)c1ccc(C(F)(F)F)cc1. The van der Waals surface area contributed by atoms with Gasteiger partial charge in [-0.25, -0.2) is 0 Å². The van der Waals surface area contributed by atoms with Crippen molar-refractivity contribution in [3.63, 3.8) is 0 Å². The van der Waals surface area contributed by atoms with Gasteiger partial charge in [-0.1, -0.05) is 36.4 Å². The summed E-state index contributed by atoms with van der Waals surface area (Å²) in [7, 11) is 1.48. The van der Waals surface area contributed by atoms with Gasteiger partial charge in [0.05, 0.1) is 17.7 Å². The van der Waals surface area contributed by atoms with E-state index in [0.29, 0.717) is 16.9 Å². The van der Waals surface area contributed by atoms with Crippen LogP contribution in [0.25, 0.3) is 11.8 Å². The van der Waals surface area contributed by atoms with Crippen molar-refractivity contribution >= 4 is 11.8 Å². The Labute approximate surface area is 164 Å². The zero-order valence-electron chi connectivity index (χ0n) is 15.3. The molecule has 0 aliphatic carbocycles. The van der Waals surface area contributed by atoms with E-state index < -0.39 is 23.5 Å². The third kappa shape index (κ3) is 6.98. The molecule has 0 atom stereocenters. The highest BCUT2D eigenvalue weighted by molar-refractivity contribution is 5.64. The van der Waals surface area contributed by atoms with E-state index in [9.17, 15) is 26.3 Å². The summed E-state index contributed by atoms with van der Waals surface area (Å²) < 4.78 is 86.4.